The Morgan fingerprint density at radius 3 is 2.00 bits per heavy atom. The number of nitrogens with one attached hydrogen (secondary N) is 1. The Morgan fingerprint density at radius 2 is 1.46 bits per heavy atom. The molecule has 2 amide bonds. The van der Waals surface area contributed by atoms with E-state index in [1.54, 1.807) is 0 Å². The quantitative estimate of drug-likeness (QED) is 0.367. The Kier molecular flexibility index (Phi) is 9.13. The fraction of sp³-hybridized carbons (Fsp3) is 0.323. The van der Waals surface area contributed by atoms with E-state index in [1.807, 2.05) is 41.3 Å². The number of carbonyl (C=O) groups is 1. The maximum Gasteiger partial charge on any atom is 0.318 e. The van der Waals surface area contributed by atoms with Crippen LogP contribution in [0.4, 0.5) is 4.79 Å². The molecule has 35 heavy (non-hydrogen) atoms. The number of carbonyl (C=O) groups excluding carboxylic acids is 1. The molecule has 1 saturated heterocycles. The summed E-state index contributed by atoms with van der Waals surface area (Å²) in [5.41, 5.74) is 3.86. The zero-order valence-corrected chi connectivity index (χ0v) is 20.6. The van der Waals surface area contributed by atoms with Crippen LogP contribution < -0.4 is 5.32 Å². The van der Waals surface area contributed by atoms with Crippen molar-refractivity contribution in [2.45, 2.75) is 37.8 Å². The minimum atomic E-state index is 0.000391. The molecule has 1 N–H and O–H groups in total. The third-order valence-corrected chi connectivity index (χ3v) is 7.01. The highest BCUT2D eigenvalue weighted by molar-refractivity contribution is 5.74. The molecule has 182 valence electrons. The van der Waals surface area contributed by atoms with E-state index in [9.17, 15) is 4.79 Å². The van der Waals surface area contributed by atoms with Crippen LogP contribution >= 0.6 is 0 Å². The molecule has 0 spiro atoms. The first-order valence-electron chi connectivity index (χ1n) is 12.8. The summed E-state index contributed by atoms with van der Waals surface area (Å²) >= 11 is 0. The van der Waals surface area contributed by atoms with Crippen LogP contribution in [-0.2, 0) is 6.54 Å². The van der Waals surface area contributed by atoms with Crippen LogP contribution in [0.25, 0.3) is 0 Å². The normalized spacial score (nSPS) is 14.5. The molecular weight excluding hydrogens is 430 g/mol. The molecule has 3 aromatic carbocycles. The molecule has 1 fully saturated rings. The largest absolute Gasteiger partial charge is 0.334 e. The predicted octanol–water partition coefficient (Wildman–Crippen LogP) is 6.07. The van der Waals surface area contributed by atoms with Gasteiger partial charge in [0.15, 0.2) is 0 Å². The summed E-state index contributed by atoms with van der Waals surface area (Å²) in [4.78, 5) is 17.5. The van der Waals surface area contributed by atoms with Gasteiger partial charge in [-0.25, -0.2) is 4.79 Å². The Hall–Kier alpha value is -3.37. The fourth-order valence-electron chi connectivity index (χ4n) is 5.07. The molecule has 1 aliphatic heterocycles. The highest BCUT2D eigenvalue weighted by Crippen LogP contribution is 2.29. The van der Waals surface area contributed by atoms with Crippen molar-refractivity contribution < 1.29 is 4.79 Å². The zero-order chi connectivity index (χ0) is 24.3. The summed E-state index contributed by atoms with van der Waals surface area (Å²) in [5, 5.41) is 3.09. The molecule has 0 atom stereocenters. The van der Waals surface area contributed by atoms with Gasteiger partial charge in [0.1, 0.15) is 0 Å². The van der Waals surface area contributed by atoms with Gasteiger partial charge in [-0.15, -0.1) is 6.58 Å². The maximum absolute atomic E-state index is 13.0. The zero-order valence-electron chi connectivity index (χ0n) is 20.6. The van der Waals surface area contributed by atoms with Gasteiger partial charge in [0.2, 0.25) is 0 Å². The van der Waals surface area contributed by atoms with E-state index in [2.05, 4.69) is 77.5 Å². The first-order valence-corrected chi connectivity index (χ1v) is 12.8. The second kappa shape index (κ2) is 12.9. The number of amides is 2. The van der Waals surface area contributed by atoms with Gasteiger partial charge in [-0.05, 0) is 42.5 Å². The summed E-state index contributed by atoms with van der Waals surface area (Å²) in [7, 11) is 0. The minimum absolute atomic E-state index is 0.000391. The van der Waals surface area contributed by atoms with E-state index in [0.29, 0.717) is 19.0 Å². The van der Waals surface area contributed by atoms with Crippen LogP contribution in [0.5, 0.6) is 0 Å². The smallest absolute Gasteiger partial charge is 0.318 e. The van der Waals surface area contributed by atoms with Gasteiger partial charge >= 0.3 is 6.03 Å². The number of urea groups is 1. The maximum atomic E-state index is 13.0. The van der Waals surface area contributed by atoms with Gasteiger partial charge in [-0.1, -0.05) is 97.1 Å². The van der Waals surface area contributed by atoms with Crippen LogP contribution in [0.1, 0.15) is 41.9 Å². The highest BCUT2D eigenvalue weighted by atomic mass is 16.2. The summed E-state index contributed by atoms with van der Waals surface area (Å²) in [6.45, 7) is 8.10. The molecule has 0 bridgehead atoms. The third kappa shape index (κ3) is 7.06. The Bertz CT molecular complexity index is 991. The van der Waals surface area contributed by atoms with E-state index in [1.165, 1.54) is 11.1 Å². The average molecular weight is 468 g/mol. The van der Waals surface area contributed by atoms with Gasteiger partial charge in [0.05, 0.1) is 0 Å². The average Bonchev–Trinajstić information content (AvgIpc) is 2.93. The molecule has 0 aromatic heterocycles. The van der Waals surface area contributed by atoms with Crippen LogP contribution in [0, 0.1) is 0 Å². The van der Waals surface area contributed by atoms with Crippen LogP contribution in [0.2, 0.25) is 0 Å². The minimum Gasteiger partial charge on any atom is -0.334 e. The molecule has 0 aliphatic carbocycles. The van der Waals surface area contributed by atoms with Gasteiger partial charge < -0.3 is 15.1 Å². The summed E-state index contributed by atoms with van der Waals surface area (Å²) in [5.74, 6) is 0.399. The van der Waals surface area contributed by atoms with Crippen LogP contribution in [0.3, 0.4) is 0 Å². The summed E-state index contributed by atoms with van der Waals surface area (Å²) < 4.78 is 0. The molecule has 4 nitrogen and oxygen atoms in total. The number of likely N-dealkylation sites (tertiary alicyclic amines) is 1. The standard InChI is InChI=1S/C31H37N3O/c1-2-21-34(31(35)32-25-26-12-6-3-7-13-26)29-18-22-33(23-19-29)24-20-30(27-14-8-4-9-15-27)28-16-10-5-11-17-28/h2-17,29-30H,1,18-25H2,(H,32,35). The van der Waals surface area contributed by atoms with E-state index in [4.69, 9.17) is 0 Å². The lowest BCUT2D eigenvalue weighted by Crippen LogP contribution is -2.50. The van der Waals surface area contributed by atoms with Crippen molar-refractivity contribution in [2.24, 2.45) is 0 Å². The predicted molar refractivity (Wildman–Crippen MR) is 144 cm³/mol. The van der Waals surface area contributed by atoms with E-state index in [-0.39, 0.29) is 12.1 Å². The first kappa shape index (κ1) is 24.7. The fourth-order valence-corrected chi connectivity index (χ4v) is 5.07. The number of piperidine rings is 1. The van der Waals surface area contributed by atoms with Crippen molar-refractivity contribution >= 4 is 6.03 Å². The lowest BCUT2D eigenvalue weighted by Gasteiger charge is -2.38. The second-order valence-electron chi connectivity index (χ2n) is 9.32. The summed E-state index contributed by atoms with van der Waals surface area (Å²) in [6, 6.07) is 32.0. The van der Waals surface area contributed by atoms with E-state index in [0.717, 1.165) is 44.5 Å². The monoisotopic (exact) mass is 467 g/mol. The van der Waals surface area contributed by atoms with Crippen molar-refractivity contribution in [3.8, 4) is 0 Å². The molecule has 0 unspecified atom stereocenters. The number of hydrogen-bond donors (Lipinski definition) is 1. The molecule has 1 aliphatic rings. The number of nitrogens with zero attached hydrogens (tertiary/aromatic N) is 2. The van der Waals surface area contributed by atoms with Crippen molar-refractivity contribution in [3.05, 3.63) is 120 Å². The van der Waals surface area contributed by atoms with Gasteiger partial charge in [0.25, 0.3) is 0 Å². The molecule has 4 rings (SSSR count). The van der Waals surface area contributed by atoms with Gasteiger partial charge in [0, 0.05) is 38.1 Å². The number of hydrogen-bond acceptors (Lipinski definition) is 2. The molecule has 3 aromatic rings. The van der Waals surface area contributed by atoms with E-state index < -0.39 is 0 Å². The molecule has 0 radical (unpaired) electrons. The van der Waals surface area contributed by atoms with Crippen LogP contribution in [0.15, 0.2) is 104 Å². The van der Waals surface area contributed by atoms with Crippen molar-refractivity contribution in [1.82, 2.24) is 15.1 Å². The second-order valence-corrected chi connectivity index (χ2v) is 9.32. The Balaban J connectivity index is 1.31. The van der Waals surface area contributed by atoms with Gasteiger partial charge in [-0.3, -0.25) is 0 Å². The molecule has 0 saturated carbocycles. The summed E-state index contributed by atoms with van der Waals surface area (Å²) in [6.07, 6.45) is 4.91. The van der Waals surface area contributed by atoms with E-state index >= 15 is 0 Å². The molecular formula is C31H37N3O. The first-order chi connectivity index (χ1) is 17.2. The van der Waals surface area contributed by atoms with Crippen LogP contribution in [-0.4, -0.2) is 48.1 Å². The molecule has 1 heterocycles. The topological polar surface area (TPSA) is 35.6 Å². The Morgan fingerprint density at radius 1 is 0.914 bits per heavy atom. The Labute approximate surface area is 210 Å². The lowest BCUT2D eigenvalue weighted by atomic mass is 9.88. The van der Waals surface area contributed by atoms with Crippen molar-refractivity contribution in [3.63, 3.8) is 0 Å². The molecule has 4 heteroatoms. The van der Waals surface area contributed by atoms with Gasteiger partial charge in [-0.2, -0.15) is 0 Å². The van der Waals surface area contributed by atoms with Crippen molar-refractivity contribution in [2.75, 3.05) is 26.2 Å². The van der Waals surface area contributed by atoms with Crippen molar-refractivity contribution in [1.29, 1.82) is 0 Å². The third-order valence-electron chi connectivity index (χ3n) is 7.01. The number of benzene rings is 3. The lowest BCUT2D eigenvalue weighted by molar-refractivity contribution is 0.125. The number of rotatable bonds is 10. The SMILES string of the molecule is C=CCN(C(=O)NCc1ccccc1)C1CCN(CCC(c2ccccc2)c2ccccc2)CC1. The highest BCUT2D eigenvalue weighted by Gasteiger charge is 2.27.